The third kappa shape index (κ3) is 3.83. The van der Waals surface area contributed by atoms with Crippen LogP contribution in [0.25, 0.3) is 0 Å². The Balaban J connectivity index is 1.40. The minimum Gasteiger partial charge on any atom is -0.325 e. The van der Waals surface area contributed by atoms with Crippen LogP contribution in [-0.2, 0) is 9.59 Å². The zero-order valence-electron chi connectivity index (χ0n) is 17.4. The molecule has 32 heavy (non-hydrogen) atoms. The highest BCUT2D eigenvalue weighted by molar-refractivity contribution is 8.14. The first kappa shape index (κ1) is 20.2. The summed E-state index contributed by atoms with van der Waals surface area (Å²) in [4.78, 5) is 36.9. The first-order valence-corrected chi connectivity index (χ1v) is 11.2. The van der Waals surface area contributed by atoms with Crippen molar-refractivity contribution in [2.45, 2.75) is 13.0 Å². The van der Waals surface area contributed by atoms with Crippen LogP contribution in [0.2, 0.25) is 0 Å². The zero-order valence-corrected chi connectivity index (χ0v) is 18.2. The van der Waals surface area contributed by atoms with Crippen LogP contribution in [0.5, 0.6) is 0 Å². The van der Waals surface area contributed by atoms with Gasteiger partial charge in [-0.25, -0.2) is 14.9 Å². The second-order valence-electron chi connectivity index (χ2n) is 7.56. The molecule has 5 rings (SSSR count). The quantitative estimate of drug-likeness (QED) is 0.639. The molecule has 2 aliphatic rings. The van der Waals surface area contributed by atoms with Gasteiger partial charge in [0.1, 0.15) is 5.84 Å². The van der Waals surface area contributed by atoms with Gasteiger partial charge in [0.05, 0.1) is 11.4 Å². The van der Waals surface area contributed by atoms with Crippen LogP contribution in [0.1, 0.15) is 22.7 Å². The van der Waals surface area contributed by atoms with Crippen LogP contribution in [0.3, 0.4) is 0 Å². The van der Waals surface area contributed by atoms with Crippen LogP contribution >= 0.6 is 11.8 Å². The minimum atomic E-state index is -0.621. The number of aliphatic imine (C=N–C) groups is 2. The molecule has 1 unspecified atom stereocenters. The number of benzene rings is 3. The Hall–Kier alpha value is -3.71. The van der Waals surface area contributed by atoms with E-state index in [0.717, 1.165) is 28.1 Å². The van der Waals surface area contributed by atoms with Crippen molar-refractivity contribution in [2.24, 2.45) is 9.98 Å². The van der Waals surface area contributed by atoms with Gasteiger partial charge in [0.15, 0.2) is 11.2 Å². The minimum absolute atomic E-state index is 0.127. The lowest BCUT2D eigenvalue weighted by molar-refractivity contribution is -0.124. The second-order valence-corrected chi connectivity index (χ2v) is 8.50. The molecule has 2 amide bonds. The molecule has 0 bridgehead atoms. The normalized spacial score (nSPS) is 16.7. The number of rotatable bonds is 4. The van der Waals surface area contributed by atoms with Gasteiger partial charge >= 0.3 is 0 Å². The van der Waals surface area contributed by atoms with E-state index >= 15 is 0 Å². The lowest BCUT2D eigenvalue weighted by Crippen LogP contribution is -2.40. The molecule has 0 saturated heterocycles. The van der Waals surface area contributed by atoms with Crippen molar-refractivity contribution in [2.75, 3.05) is 11.1 Å². The summed E-state index contributed by atoms with van der Waals surface area (Å²) in [5, 5.41) is 3.36. The Morgan fingerprint density at radius 1 is 1.03 bits per heavy atom. The van der Waals surface area contributed by atoms with Crippen LogP contribution in [0, 0.1) is 6.92 Å². The Morgan fingerprint density at radius 2 is 1.81 bits per heavy atom. The predicted molar refractivity (Wildman–Crippen MR) is 128 cm³/mol. The molecule has 0 fully saturated rings. The fourth-order valence-corrected chi connectivity index (χ4v) is 4.55. The van der Waals surface area contributed by atoms with Crippen molar-refractivity contribution in [1.82, 2.24) is 4.90 Å². The van der Waals surface area contributed by atoms with Crippen molar-refractivity contribution in [3.8, 4) is 0 Å². The Bertz CT molecular complexity index is 1270. The summed E-state index contributed by atoms with van der Waals surface area (Å²) in [7, 11) is 0. The molecule has 0 spiro atoms. The summed E-state index contributed by atoms with van der Waals surface area (Å²) in [5.74, 6) is 0.385. The molecular weight excluding hydrogens is 420 g/mol. The van der Waals surface area contributed by atoms with E-state index in [0.29, 0.717) is 11.0 Å². The first-order valence-electron chi connectivity index (χ1n) is 10.2. The first-order chi connectivity index (χ1) is 15.6. The smallest absolute Gasteiger partial charge is 0.263 e. The van der Waals surface area contributed by atoms with Gasteiger partial charge in [-0.3, -0.25) is 9.59 Å². The topological polar surface area (TPSA) is 74.1 Å². The van der Waals surface area contributed by atoms with Gasteiger partial charge in [0.2, 0.25) is 5.91 Å². The SMILES string of the molecule is Cc1cccc(NC(=O)CSC2=Nc3ccccc3C3=NC(c4ccccc4)C(=O)N23)c1. The lowest BCUT2D eigenvalue weighted by Gasteiger charge is -2.25. The van der Waals surface area contributed by atoms with Gasteiger partial charge in [-0.05, 0) is 42.3 Å². The number of hydrogen-bond acceptors (Lipinski definition) is 5. The molecule has 7 heteroatoms. The fraction of sp³-hybridized carbons (Fsp3) is 0.120. The summed E-state index contributed by atoms with van der Waals surface area (Å²) in [6.45, 7) is 1.97. The molecule has 0 radical (unpaired) electrons. The molecule has 158 valence electrons. The predicted octanol–water partition coefficient (Wildman–Crippen LogP) is 4.70. The molecule has 2 heterocycles. The van der Waals surface area contributed by atoms with Crippen LogP contribution in [0.4, 0.5) is 11.4 Å². The number of hydrogen-bond donors (Lipinski definition) is 1. The molecule has 1 N–H and O–H groups in total. The van der Waals surface area contributed by atoms with Crippen molar-refractivity contribution < 1.29 is 9.59 Å². The summed E-state index contributed by atoms with van der Waals surface area (Å²) in [5.41, 5.74) is 4.20. The number of carbonyl (C=O) groups is 2. The maximum Gasteiger partial charge on any atom is 0.263 e. The van der Waals surface area contributed by atoms with Crippen molar-refractivity contribution in [1.29, 1.82) is 0 Å². The van der Waals surface area contributed by atoms with Crippen LogP contribution in [-0.4, -0.2) is 33.5 Å². The number of carbonyl (C=O) groups excluding carboxylic acids is 2. The Morgan fingerprint density at radius 3 is 2.62 bits per heavy atom. The fourth-order valence-electron chi connectivity index (χ4n) is 3.75. The van der Waals surface area contributed by atoms with E-state index in [9.17, 15) is 9.59 Å². The summed E-state index contributed by atoms with van der Waals surface area (Å²) in [6, 6.07) is 24.1. The molecule has 2 aliphatic heterocycles. The van der Waals surface area contributed by atoms with Gasteiger partial charge in [0, 0.05) is 11.3 Å². The van der Waals surface area contributed by atoms with Gasteiger partial charge in [-0.1, -0.05) is 66.4 Å². The van der Waals surface area contributed by atoms with E-state index in [4.69, 9.17) is 4.99 Å². The number of fused-ring (bicyclic) bond motifs is 3. The molecule has 0 aliphatic carbocycles. The molecular formula is C25H20N4O2S. The number of thioether (sulfide) groups is 1. The standard InChI is InChI=1S/C25H20N4O2S/c1-16-8-7-11-18(14-16)26-21(30)15-32-25-27-20-13-6-5-12-19(20)23-28-22(24(31)29(23)25)17-9-3-2-4-10-17/h2-14,22H,15H2,1H3,(H,26,30). The number of amidine groups is 2. The number of nitrogens with one attached hydrogen (secondary N) is 1. The highest BCUT2D eigenvalue weighted by Crippen LogP contribution is 2.37. The number of amides is 2. The van der Waals surface area contributed by atoms with E-state index in [1.165, 1.54) is 11.8 Å². The van der Waals surface area contributed by atoms with E-state index in [2.05, 4.69) is 10.3 Å². The van der Waals surface area contributed by atoms with Crippen molar-refractivity contribution in [3.63, 3.8) is 0 Å². The van der Waals surface area contributed by atoms with Crippen molar-refractivity contribution in [3.05, 3.63) is 95.6 Å². The van der Waals surface area contributed by atoms with E-state index in [-0.39, 0.29) is 17.6 Å². The van der Waals surface area contributed by atoms with Gasteiger partial charge < -0.3 is 5.32 Å². The molecule has 3 aromatic carbocycles. The van der Waals surface area contributed by atoms with E-state index in [1.54, 1.807) is 4.90 Å². The average Bonchev–Trinajstić information content (AvgIpc) is 3.16. The third-order valence-corrected chi connectivity index (χ3v) is 6.16. The Labute approximate surface area is 190 Å². The summed E-state index contributed by atoms with van der Waals surface area (Å²) in [6.07, 6.45) is 0. The maximum atomic E-state index is 13.4. The van der Waals surface area contributed by atoms with Gasteiger partial charge in [-0.15, -0.1) is 0 Å². The van der Waals surface area contributed by atoms with Crippen LogP contribution < -0.4 is 5.32 Å². The highest BCUT2D eigenvalue weighted by atomic mass is 32.2. The second kappa shape index (κ2) is 8.43. The molecule has 0 aromatic heterocycles. The lowest BCUT2D eigenvalue weighted by atomic mass is 10.1. The number of para-hydroxylation sites is 1. The molecule has 6 nitrogen and oxygen atoms in total. The number of aryl methyl sites for hydroxylation is 1. The largest absolute Gasteiger partial charge is 0.325 e. The van der Waals surface area contributed by atoms with Gasteiger partial charge in [-0.2, -0.15) is 0 Å². The molecule has 1 atom stereocenters. The summed E-state index contributed by atoms with van der Waals surface area (Å²) < 4.78 is 0. The highest BCUT2D eigenvalue weighted by Gasteiger charge is 2.42. The molecule has 0 saturated carbocycles. The summed E-state index contributed by atoms with van der Waals surface area (Å²) >= 11 is 1.23. The van der Waals surface area contributed by atoms with E-state index in [1.807, 2.05) is 85.8 Å². The number of nitrogens with zero attached hydrogens (tertiary/aromatic N) is 3. The third-order valence-electron chi connectivity index (χ3n) is 5.22. The monoisotopic (exact) mass is 440 g/mol. The van der Waals surface area contributed by atoms with E-state index < -0.39 is 6.04 Å². The van der Waals surface area contributed by atoms with Crippen molar-refractivity contribution >= 4 is 46.0 Å². The molecule has 3 aromatic rings. The van der Waals surface area contributed by atoms with Crippen LogP contribution in [0.15, 0.2) is 88.8 Å². The maximum absolute atomic E-state index is 13.4. The Kier molecular flexibility index (Phi) is 5.33. The van der Waals surface area contributed by atoms with Gasteiger partial charge in [0.25, 0.3) is 5.91 Å². The zero-order chi connectivity index (χ0) is 22.1. The number of anilines is 1. The average molecular weight is 441 g/mol.